The molecule has 0 aliphatic carbocycles. The minimum Gasteiger partial charge on any atom is -0.497 e. The van der Waals surface area contributed by atoms with Gasteiger partial charge >= 0.3 is 0 Å². The van der Waals surface area contributed by atoms with Crippen LogP contribution in [0.15, 0.2) is 42.5 Å². The van der Waals surface area contributed by atoms with Crippen LogP contribution in [0, 0.1) is 0 Å². The molecule has 166 valence electrons. The standard InChI is InChI=1S/C23H26ClNO6/c1-14-21(17-8-7-16(27-2)13-18(17)31-10-6-9-24)25(23(14)26)15-11-19(28-3)22(30-5)20(12-15)29-4/h7-8,11-13,21H,1,6,9-10H2,2-5H3. The highest BCUT2D eigenvalue weighted by Crippen LogP contribution is 2.49. The van der Waals surface area contributed by atoms with Crippen molar-refractivity contribution in [2.75, 3.05) is 45.8 Å². The molecule has 1 amide bonds. The van der Waals surface area contributed by atoms with Crippen molar-refractivity contribution in [3.8, 4) is 28.7 Å². The van der Waals surface area contributed by atoms with Gasteiger partial charge in [0.2, 0.25) is 5.75 Å². The lowest BCUT2D eigenvalue weighted by Crippen LogP contribution is -2.49. The maximum absolute atomic E-state index is 12.8. The van der Waals surface area contributed by atoms with E-state index in [1.165, 1.54) is 21.3 Å². The third-order valence-corrected chi connectivity index (χ3v) is 5.33. The minimum absolute atomic E-state index is 0.193. The lowest BCUT2D eigenvalue weighted by Gasteiger charge is -2.43. The third-order valence-electron chi connectivity index (χ3n) is 5.06. The number of ether oxygens (including phenoxy) is 5. The van der Waals surface area contributed by atoms with Crippen LogP contribution in [0.1, 0.15) is 18.0 Å². The van der Waals surface area contributed by atoms with Gasteiger partial charge in [-0.2, -0.15) is 0 Å². The van der Waals surface area contributed by atoms with Crippen LogP contribution < -0.4 is 28.6 Å². The Kier molecular flexibility index (Phi) is 7.17. The minimum atomic E-state index is -0.410. The zero-order chi connectivity index (χ0) is 22.5. The number of nitrogens with zero attached hydrogens (tertiary/aromatic N) is 1. The number of alkyl halides is 1. The molecule has 1 heterocycles. The Labute approximate surface area is 187 Å². The Morgan fingerprint density at radius 2 is 1.65 bits per heavy atom. The summed E-state index contributed by atoms with van der Waals surface area (Å²) in [4.78, 5) is 14.5. The number of rotatable bonds is 10. The maximum atomic E-state index is 12.8. The lowest BCUT2D eigenvalue weighted by atomic mass is 9.87. The number of hydrogen-bond donors (Lipinski definition) is 0. The Balaban J connectivity index is 2.05. The van der Waals surface area contributed by atoms with Gasteiger partial charge in [-0.05, 0) is 18.6 Å². The van der Waals surface area contributed by atoms with Gasteiger partial charge in [-0.3, -0.25) is 9.69 Å². The average molecular weight is 448 g/mol. The Bertz CT molecular complexity index is 952. The molecule has 1 atom stereocenters. The van der Waals surface area contributed by atoms with E-state index in [-0.39, 0.29) is 5.91 Å². The smallest absolute Gasteiger partial charge is 0.256 e. The van der Waals surface area contributed by atoms with Crippen molar-refractivity contribution in [2.45, 2.75) is 12.5 Å². The first kappa shape index (κ1) is 22.6. The Hall–Kier alpha value is -3.06. The van der Waals surface area contributed by atoms with E-state index in [2.05, 4.69) is 6.58 Å². The normalized spacial score (nSPS) is 15.4. The van der Waals surface area contributed by atoms with Gasteiger partial charge in [0.1, 0.15) is 11.5 Å². The molecule has 7 nitrogen and oxygen atoms in total. The highest BCUT2D eigenvalue weighted by Gasteiger charge is 2.44. The second-order valence-corrected chi connectivity index (χ2v) is 7.16. The zero-order valence-electron chi connectivity index (χ0n) is 18.1. The maximum Gasteiger partial charge on any atom is 0.256 e. The topological polar surface area (TPSA) is 66.5 Å². The van der Waals surface area contributed by atoms with Crippen molar-refractivity contribution in [1.82, 2.24) is 0 Å². The Morgan fingerprint density at radius 1 is 0.968 bits per heavy atom. The van der Waals surface area contributed by atoms with Crippen molar-refractivity contribution in [2.24, 2.45) is 0 Å². The van der Waals surface area contributed by atoms with E-state index in [0.717, 1.165) is 5.56 Å². The van der Waals surface area contributed by atoms with Gasteiger partial charge in [0.05, 0.1) is 46.8 Å². The van der Waals surface area contributed by atoms with Gasteiger partial charge in [0, 0.05) is 35.2 Å². The molecule has 0 aromatic heterocycles. The predicted molar refractivity (Wildman–Crippen MR) is 119 cm³/mol. The van der Waals surface area contributed by atoms with Gasteiger partial charge in [0.25, 0.3) is 5.91 Å². The number of carbonyl (C=O) groups is 1. The monoisotopic (exact) mass is 447 g/mol. The average Bonchev–Trinajstić information content (AvgIpc) is 2.81. The number of benzene rings is 2. The van der Waals surface area contributed by atoms with E-state index in [4.69, 9.17) is 35.3 Å². The lowest BCUT2D eigenvalue weighted by molar-refractivity contribution is -0.119. The fourth-order valence-electron chi connectivity index (χ4n) is 3.51. The first-order valence-corrected chi connectivity index (χ1v) is 10.2. The Morgan fingerprint density at radius 3 is 2.19 bits per heavy atom. The van der Waals surface area contributed by atoms with Gasteiger partial charge < -0.3 is 23.7 Å². The van der Waals surface area contributed by atoms with Crippen LogP contribution in [0.5, 0.6) is 28.7 Å². The van der Waals surface area contributed by atoms with E-state index in [9.17, 15) is 4.79 Å². The molecule has 2 aromatic rings. The molecule has 1 unspecified atom stereocenters. The molecule has 1 fully saturated rings. The summed E-state index contributed by atoms with van der Waals surface area (Å²) in [5.74, 6) is 2.92. The van der Waals surface area contributed by atoms with Gasteiger partial charge in [-0.25, -0.2) is 0 Å². The second kappa shape index (κ2) is 9.83. The summed E-state index contributed by atoms with van der Waals surface area (Å²) in [5, 5.41) is 0. The van der Waals surface area contributed by atoms with E-state index in [0.29, 0.717) is 58.9 Å². The molecule has 1 saturated heterocycles. The molecular formula is C23H26ClNO6. The van der Waals surface area contributed by atoms with E-state index in [1.54, 1.807) is 30.2 Å². The molecule has 2 aromatic carbocycles. The van der Waals surface area contributed by atoms with Crippen molar-refractivity contribution < 1.29 is 28.5 Å². The molecule has 0 radical (unpaired) electrons. The number of anilines is 1. The van der Waals surface area contributed by atoms with Crippen LogP contribution in [0.3, 0.4) is 0 Å². The summed E-state index contributed by atoms with van der Waals surface area (Å²) in [6, 6.07) is 8.56. The summed E-state index contributed by atoms with van der Waals surface area (Å²) in [5.41, 5.74) is 1.86. The summed E-state index contributed by atoms with van der Waals surface area (Å²) >= 11 is 5.79. The van der Waals surface area contributed by atoms with Crippen LogP contribution in [-0.4, -0.2) is 46.8 Å². The van der Waals surface area contributed by atoms with Crippen molar-refractivity contribution in [3.63, 3.8) is 0 Å². The van der Waals surface area contributed by atoms with Gasteiger partial charge in [0.15, 0.2) is 11.5 Å². The molecule has 31 heavy (non-hydrogen) atoms. The third kappa shape index (κ3) is 4.23. The number of hydrogen-bond acceptors (Lipinski definition) is 6. The zero-order valence-corrected chi connectivity index (χ0v) is 18.8. The largest absolute Gasteiger partial charge is 0.497 e. The van der Waals surface area contributed by atoms with E-state index < -0.39 is 6.04 Å². The fourth-order valence-corrected chi connectivity index (χ4v) is 3.62. The molecule has 3 rings (SSSR count). The van der Waals surface area contributed by atoms with Gasteiger partial charge in [-0.15, -0.1) is 11.6 Å². The molecule has 8 heteroatoms. The van der Waals surface area contributed by atoms with Crippen LogP contribution in [0.4, 0.5) is 5.69 Å². The van der Waals surface area contributed by atoms with Crippen molar-refractivity contribution in [1.29, 1.82) is 0 Å². The van der Waals surface area contributed by atoms with Gasteiger partial charge in [-0.1, -0.05) is 6.58 Å². The van der Waals surface area contributed by atoms with Crippen LogP contribution >= 0.6 is 11.6 Å². The highest BCUT2D eigenvalue weighted by molar-refractivity contribution is 6.17. The summed E-state index contributed by atoms with van der Waals surface area (Å²) in [6.07, 6.45) is 0.694. The highest BCUT2D eigenvalue weighted by atomic mass is 35.5. The molecule has 0 saturated carbocycles. The van der Waals surface area contributed by atoms with Crippen LogP contribution in [0.25, 0.3) is 0 Å². The SMILES string of the molecule is C=C1C(=O)N(c2cc(OC)c(OC)c(OC)c2)C1c1ccc(OC)cc1OCCCCl. The van der Waals surface area contributed by atoms with Crippen molar-refractivity contribution >= 4 is 23.2 Å². The summed E-state index contributed by atoms with van der Waals surface area (Å²) in [6.45, 7) is 4.43. The number of β-lactam (4-membered cyclic amide) rings is 1. The number of amides is 1. The number of methoxy groups -OCH3 is 4. The molecule has 1 aliphatic rings. The summed E-state index contributed by atoms with van der Waals surface area (Å²) in [7, 11) is 6.18. The molecule has 0 N–H and O–H groups in total. The number of carbonyl (C=O) groups excluding carboxylic acids is 1. The van der Waals surface area contributed by atoms with Crippen LogP contribution in [-0.2, 0) is 4.79 Å². The molecule has 0 bridgehead atoms. The molecular weight excluding hydrogens is 422 g/mol. The summed E-state index contributed by atoms with van der Waals surface area (Å²) < 4.78 is 27.6. The number of halogens is 1. The first-order valence-electron chi connectivity index (χ1n) is 9.69. The van der Waals surface area contributed by atoms with E-state index >= 15 is 0 Å². The van der Waals surface area contributed by atoms with E-state index in [1.807, 2.05) is 12.1 Å². The molecule has 1 aliphatic heterocycles. The van der Waals surface area contributed by atoms with Crippen LogP contribution in [0.2, 0.25) is 0 Å². The quantitative estimate of drug-likeness (QED) is 0.233. The fraction of sp³-hybridized carbons (Fsp3) is 0.348. The molecule has 0 spiro atoms. The van der Waals surface area contributed by atoms with Crippen molar-refractivity contribution in [3.05, 3.63) is 48.0 Å². The second-order valence-electron chi connectivity index (χ2n) is 6.78. The predicted octanol–water partition coefficient (Wildman–Crippen LogP) is 4.37. The first-order chi connectivity index (χ1) is 15.0.